The monoisotopic (exact) mass is 262 g/mol. The van der Waals surface area contributed by atoms with Crippen molar-refractivity contribution >= 4 is 11.6 Å². The summed E-state index contributed by atoms with van der Waals surface area (Å²) in [5.41, 5.74) is 7.28. The van der Waals surface area contributed by atoms with E-state index >= 15 is 0 Å². The molecule has 1 amide bonds. The standard InChI is InChI=1S/C16H26N2O/c1-3-4-5-6-9-13(2)18-15-11-8-7-10-14(15)12-16(17)19/h7-8,10-11,13,18H,3-6,9,12H2,1-2H3,(H2,17,19). The topological polar surface area (TPSA) is 55.1 Å². The number of unbranched alkanes of at least 4 members (excludes halogenated alkanes) is 3. The molecule has 0 bridgehead atoms. The van der Waals surface area contributed by atoms with Gasteiger partial charge in [-0.3, -0.25) is 4.79 Å². The van der Waals surface area contributed by atoms with Crippen LogP contribution in [0.15, 0.2) is 24.3 Å². The molecule has 3 N–H and O–H groups in total. The predicted molar refractivity (Wildman–Crippen MR) is 81.2 cm³/mol. The number of para-hydroxylation sites is 1. The second kappa shape index (κ2) is 8.57. The lowest BCUT2D eigenvalue weighted by Crippen LogP contribution is -2.19. The summed E-state index contributed by atoms with van der Waals surface area (Å²) in [4.78, 5) is 11.0. The molecule has 3 heteroatoms. The largest absolute Gasteiger partial charge is 0.382 e. The van der Waals surface area contributed by atoms with Gasteiger partial charge in [0.25, 0.3) is 0 Å². The van der Waals surface area contributed by atoms with Crippen LogP contribution in [0.4, 0.5) is 5.69 Å². The maximum absolute atomic E-state index is 11.0. The van der Waals surface area contributed by atoms with Crippen LogP contribution in [0.5, 0.6) is 0 Å². The summed E-state index contributed by atoms with van der Waals surface area (Å²) in [5, 5.41) is 3.48. The molecule has 1 unspecified atom stereocenters. The third-order valence-corrected chi connectivity index (χ3v) is 3.27. The van der Waals surface area contributed by atoms with E-state index in [2.05, 4.69) is 19.2 Å². The Morgan fingerprint density at radius 2 is 2.00 bits per heavy atom. The molecule has 1 aromatic rings. The van der Waals surface area contributed by atoms with Crippen LogP contribution in [-0.2, 0) is 11.2 Å². The smallest absolute Gasteiger partial charge is 0.221 e. The van der Waals surface area contributed by atoms with E-state index in [1.807, 2.05) is 24.3 Å². The third kappa shape index (κ3) is 6.27. The maximum Gasteiger partial charge on any atom is 0.221 e. The Bertz CT molecular complexity index is 390. The van der Waals surface area contributed by atoms with Crippen molar-refractivity contribution in [1.82, 2.24) is 0 Å². The second-order valence-electron chi connectivity index (χ2n) is 5.19. The fraction of sp³-hybridized carbons (Fsp3) is 0.562. The van der Waals surface area contributed by atoms with Crippen LogP contribution < -0.4 is 11.1 Å². The van der Waals surface area contributed by atoms with Gasteiger partial charge in [-0.15, -0.1) is 0 Å². The lowest BCUT2D eigenvalue weighted by atomic mass is 10.1. The van der Waals surface area contributed by atoms with Crippen LogP contribution in [0.25, 0.3) is 0 Å². The number of amides is 1. The van der Waals surface area contributed by atoms with Gasteiger partial charge >= 0.3 is 0 Å². The molecular weight excluding hydrogens is 236 g/mol. The molecule has 0 fully saturated rings. The van der Waals surface area contributed by atoms with Crippen molar-refractivity contribution in [2.45, 2.75) is 58.4 Å². The van der Waals surface area contributed by atoms with E-state index in [4.69, 9.17) is 5.73 Å². The van der Waals surface area contributed by atoms with Gasteiger partial charge in [0.1, 0.15) is 0 Å². The highest BCUT2D eigenvalue weighted by molar-refractivity contribution is 5.78. The summed E-state index contributed by atoms with van der Waals surface area (Å²) < 4.78 is 0. The van der Waals surface area contributed by atoms with Crippen molar-refractivity contribution in [3.05, 3.63) is 29.8 Å². The van der Waals surface area contributed by atoms with E-state index in [1.165, 1.54) is 25.7 Å². The van der Waals surface area contributed by atoms with Gasteiger partial charge in [0, 0.05) is 11.7 Å². The number of nitrogens with two attached hydrogens (primary N) is 1. The Hall–Kier alpha value is -1.51. The number of carbonyl (C=O) groups is 1. The molecule has 0 aromatic heterocycles. The third-order valence-electron chi connectivity index (χ3n) is 3.27. The number of benzene rings is 1. The highest BCUT2D eigenvalue weighted by Gasteiger charge is 2.07. The molecule has 0 heterocycles. The first-order valence-corrected chi connectivity index (χ1v) is 7.26. The fourth-order valence-electron chi connectivity index (χ4n) is 2.22. The van der Waals surface area contributed by atoms with Crippen LogP contribution in [-0.4, -0.2) is 11.9 Å². The van der Waals surface area contributed by atoms with Crippen molar-refractivity contribution < 1.29 is 4.79 Å². The highest BCUT2D eigenvalue weighted by atomic mass is 16.1. The van der Waals surface area contributed by atoms with Crippen LogP contribution in [0.3, 0.4) is 0 Å². The van der Waals surface area contributed by atoms with Gasteiger partial charge in [-0.2, -0.15) is 0 Å². The zero-order valence-electron chi connectivity index (χ0n) is 12.1. The van der Waals surface area contributed by atoms with E-state index < -0.39 is 0 Å². The van der Waals surface area contributed by atoms with E-state index in [0.717, 1.165) is 17.7 Å². The van der Waals surface area contributed by atoms with Gasteiger partial charge in [0.05, 0.1) is 6.42 Å². The van der Waals surface area contributed by atoms with Crippen LogP contribution in [0.2, 0.25) is 0 Å². The zero-order chi connectivity index (χ0) is 14.1. The molecule has 0 aliphatic carbocycles. The molecule has 19 heavy (non-hydrogen) atoms. The lowest BCUT2D eigenvalue weighted by Gasteiger charge is -2.17. The number of hydrogen-bond donors (Lipinski definition) is 2. The Morgan fingerprint density at radius 1 is 1.26 bits per heavy atom. The van der Waals surface area contributed by atoms with Crippen LogP contribution >= 0.6 is 0 Å². The number of anilines is 1. The summed E-state index contributed by atoms with van der Waals surface area (Å²) >= 11 is 0. The summed E-state index contributed by atoms with van der Waals surface area (Å²) in [7, 11) is 0. The van der Waals surface area contributed by atoms with Gasteiger partial charge < -0.3 is 11.1 Å². The molecule has 0 radical (unpaired) electrons. The fourth-order valence-corrected chi connectivity index (χ4v) is 2.22. The molecular formula is C16H26N2O. The van der Waals surface area contributed by atoms with Gasteiger partial charge in [-0.05, 0) is 25.0 Å². The molecule has 0 spiro atoms. The average Bonchev–Trinajstić information content (AvgIpc) is 2.36. The second-order valence-corrected chi connectivity index (χ2v) is 5.19. The van der Waals surface area contributed by atoms with Crippen LogP contribution in [0, 0.1) is 0 Å². The van der Waals surface area contributed by atoms with E-state index in [1.54, 1.807) is 0 Å². The Balaban J connectivity index is 2.48. The van der Waals surface area contributed by atoms with Crippen molar-refractivity contribution in [2.75, 3.05) is 5.32 Å². The van der Waals surface area contributed by atoms with Crippen molar-refractivity contribution in [1.29, 1.82) is 0 Å². The summed E-state index contributed by atoms with van der Waals surface area (Å²) in [5.74, 6) is -0.287. The molecule has 1 rings (SSSR count). The van der Waals surface area contributed by atoms with Gasteiger partial charge in [-0.1, -0.05) is 50.8 Å². The van der Waals surface area contributed by atoms with E-state index in [0.29, 0.717) is 12.5 Å². The minimum absolute atomic E-state index is 0.287. The summed E-state index contributed by atoms with van der Waals surface area (Å²) in [6, 6.07) is 8.31. The zero-order valence-corrected chi connectivity index (χ0v) is 12.1. The molecule has 0 aliphatic rings. The van der Waals surface area contributed by atoms with Crippen LogP contribution in [0.1, 0.15) is 51.5 Å². The first-order chi connectivity index (χ1) is 9.13. The predicted octanol–water partition coefficient (Wildman–Crippen LogP) is 3.49. The molecule has 1 aromatic carbocycles. The number of rotatable bonds is 9. The molecule has 1 atom stereocenters. The Morgan fingerprint density at radius 3 is 2.68 bits per heavy atom. The van der Waals surface area contributed by atoms with E-state index in [-0.39, 0.29) is 5.91 Å². The van der Waals surface area contributed by atoms with Gasteiger partial charge in [0.15, 0.2) is 0 Å². The number of carbonyl (C=O) groups excluding carboxylic acids is 1. The minimum atomic E-state index is -0.287. The number of nitrogens with one attached hydrogen (secondary N) is 1. The first-order valence-electron chi connectivity index (χ1n) is 7.26. The quantitative estimate of drug-likeness (QED) is 0.669. The molecule has 106 valence electrons. The normalized spacial score (nSPS) is 12.1. The lowest BCUT2D eigenvalue weighted by molar-refractivity contribution is -0.117. The average molecular weight is 262 g/mol. The maximum atomic E-state index is 11.0. The Labute approximate surface area is 116 Å². The first kappa shape index (κ1) is 15.5. The SMILES string of the molecule is CCCCCCC(C)Nc1ccccc1CC(N)=O. The number of hydrogen-bond acceptors (Lipinski definition) is 2. The molecule has 0 saturated carbocycles. The molecule has 3 nitrogen and oxygen atoms in total. The van der Waals surface area contributed by atoms with Crippen molar-refractivity contribution in [2.24, 2.45) is 5.73 Å². The Kier molecular flexibility index (Phi) is 7.01. The highest BCUT2D eigenvalue weighted by Crippen LogP contribution is 2.18. The minimum Gasteiger partial charge on any atom is -0.382 e. The summed E-state index contributed by atoms with van der Waals surface area (Å²) in [6.07, 6.45) is 6.58. The number of primary amides is 1. The van der Waals surface area contributed by atoms with Crippen molar-refractivity contribution in [3.63, 3.8) is 0 Å². The van der Waals surface area contributed by atoms with Gasteiger partial charge in [0.2, 0.25) is 5.91 Å². The van der Waals surface area contributed by atoms with E-state index in [9.17, 15) is 4.79 Å². The van der Waals surface area contributed by atoms with Gasteiger partial charge in [-0.25, -0.2) is 0 Å². The van der Waals surface area contributed by atoms with Crippen molar-refractivity contribution in [3.8, 4) is 0 Å². The molecule has 0 aliphatic heterocycles. The summed E-state index contributed by atoms with van der Waals surface area (Å²) in [6.45, 7) is 4.41. The molecule has 0 saturated heterocycles.